The summed E-state index contributed by atoms with van der Waals surface area (Å²) in [7, 11) is 0. The van der Waals surface area contributed by atoms with Crippen LogP contribution >= 0.6 is 0 Å². The Morgan fingerprint density at radius 2 is 1.79 bits per heavy atom. The van der Waals surface area contributed by atoms with Crippen molar-refractivity contribution in [2.45, 2.75) is 26.7 Å². The Bertz CT molecular complexity index is 552. The molecule has 0 saturated heterocycles. The highest BCUT2D eigenvalue weighted by Crippen LogP contribution is 2.21. The first-order valence-corrected chi connectivity index (χ1v) is 6.34. The average molecular weight is 258 g/mol. The fourth-order valence-corrected chi connectivity index (χ4v) is 1.71. The average Bonchev–Trinajstić information content (AvgIpc) is 2.38. The number of nitrogens with two attached hydrogens (primary N) is 1. The molecule has 0 aliphatic carbocycles. The number of rotatable bonds is 4. The molecule has 0 spiro atoms. The van der Waals surface area contributed by atoms with E-state index in [1.165, 1.54) is 5.56 Å². The van der Waals surface area contributed by atoms with Gasteiger partial charge in [0.1, 0.15) is 0 Å². The number of aromatic nitrogens is 3. The molecule has 0 amide bonds. The molecule has 1 heterocycles. The van der Waals surface area contributed by atoms with Gasteiger partial charge in [0.25, 0.3) is 0 Å². The molecule has 2 aromatic rings. The predicted octanol–water partition coefficient (Wildman–Crippen LogP) is 2.64. The molecule has 1 aromatic heterocycles. The monoisotopic (exact) mass is 258 g/mol. The minimum atomic E-state index is 0.168. The van der Waals surface area contributed by atoms with Crippen LogP contribution in [0.2, 0.25) is 0 Å². The first-order valence-electron chi connectivity index (χ1n) is 6.34. The van der Waals surface area contributed by atoms with E-state index < -0.39 is 0 Å². The number of ether oxygens (including phenoxy) is 1. The van der Waals surface area contributed by atoms with Crippen LogP contribution in [0.4, 0.5) is 5.95 Å². The zero-order chi connectivity index (χ0) is 13.8. The molecule has 0 unspecified atom stereocenters. The molecule has 0 aliphatic heterocycles. The van der Waals surface area contributed by atoms with Gasteiger partial charge in [0, 0.05) is 5.56 Å². The van der Waals surface area contributed by atoms with Gasteiger partial charge in [-0.25, -0.2) is 0 Å². The second kappa shape index (κ2) is 5.65. The van der Waals surface area contributed by atoms with Crippen LogP contribution in [0.1, 0.15) is 32.3 Å². The van der Waals surface area contributed by atoms with Crippen molar-refractivity contribution in [2.24, 2.45) is 0 Å². The van der Waals surface area contributed by atoms with Crippen LogP contribution < -0.4 is 10.5 Å². The second-order valence-electron chi connectivity index (χ2n) is 4.51. The number of anilines is 1. The molecule has 0 saturated carbocycles. The first-order chi connectivity index (χ1) is 9.10. The summed E-state index contributed by atoms with van der Waals surface area (Å²) in [6.07, 6.45) is 0. The maximum atomic E-state index is 5.66. The minimum Gasteiger partial charge on any atom is -0.464 e. The molecule has 0 bridgehead atoms. The summed E-state index contributed by atoms with van der Waals surface area (Å²) in [6, 6.07) is 8.37. The third kappa shape index (κ3) is 3.19. The van der Waals surface area contributed by atoms with Crippen molar-refractivity contribution in [3.63, 3.8) is 0 Å². The highest BCUT2D eigenvalue weighted by Gasteiger charge is 2.08. The van der Waals surface area contributed by atoms with Crippen LogP contribution in [-0.2, 0) is 0 Å². The van der Waals surface area contributed by atoms with Gasteiger partial charge >= 0.3 is 6.01 Å². The molecule has 0 atom stereocenters. The van der Waals surface area contributed by atoms with Crippen LogP contribution in [0.25, 0.3) is 11.4 Å². The molecule has 100 valence electrons. The topological polar surface area (TPSA) is 73.9 Å². The fraction of sp³-hybridized carbons (Fsp3) is 0.357. The third-order valence-electron chi connectivity index (χ3n) is 2.74. The number of hydrogen-bond donors (Lipinski definition) is 1. The number of nitrogen functional groups attached to an aromatic ring is 1. The summed E-state index contributed by atoms with van der Waals surface area (Å²) < 4.78 is 5.27. The van der Waals surface area contributed by atoms with Gasteiger partial charge in [-0.2, -0.15) is 15.0 Å². The first kappa shape index (κ1) is 13.3. The largest absolute Gasteiger partial charge is 0.464 e. The van der Waals surface area contributed by atoms with Crippen molar-refractivity contribution in [2.75, 3.05) is 12.3 Å². The van der Waals surface area contributed by atoms with E-state index in [1.54, 1.807) is 0 Å². The van der Waals surface area contributed by atoms with Gasteiger partial charge in [-0.3, -0.25) is 0 Å². The van der Waals surface area contributed by atoms with Crippen molar-refractivity contribution in [1.29, 1.82) is 0 Å². The van der Waals surface area contributed by atoms with Crippen LogP contribution in [0, 0.1) is 0 Å². The maximum Gasteiger partial charge on any atom is 0.321 e. The van der Waals surface area contributed by atoms with E-state index in [1.807, 2.05) is 19.1 Å². The summed E-state index contributed by atoms with van der Waals surface area (Å²) >= 11 is 0. The van der Waals surface area contributed by atoms with E-state index >= 15 is 0 Å². The Labute approximate surface area is 112 Å². The number of nitrogens with zero attached hydrogens (tertiary/aromatic N) is 3. The molecular formula is C14H18N4O. The van der Waals surface area contributed by atoms with E-state index in [0.29, 0.717) is 18.3 Å². The van der Waals surface area contributed by atoms with Gasteiger partial charge in [-0.1, -0.05) is 38.1 Å². The summed E-state index contributed by atoms with van der Waals surface area (Å²) in [4.78, 5) is 12.3. The molecule has 0 fully saturated rings. The van der Waals surface area contributed by atoms with Crippen molar-refractivity contribution in [3.8, 4) is 17.4 Å². The Hall–Kier alpha value is -2.17. The summed E-state index contributed by atoms with van der Waals surface area (Å²) in [6.45, 7) is 6.68. The van der Waals surface area contributed by atoms with Gasteiger partial charge in [0.05, 0.1) is 6.61 Å². The lowest BCUT2D eigenvalue weighted by molar-refractivity contribution is 0.312. The highest BCUT2D eigenvalue weighted by atomic mass is 16.5. The van der Waals surface area contributed by atoms with Crippen molar-refractivity contribution < 1.29 is 4.74 Å². The van der Waals surface area contributed by atoms with Gasteiger partial charge in [-0.05, 0) is 18.4 Å². The van der Waals surface area contributed by atoms with Gasteiger partial charge in [-0.15, -0.1) is 0 Å². The Morgan fingerprint density at radius 1 is 1.11 bits per heavy atom. The Balaban J connectivity index is 2.35. The van der Waals surface area contributed by atoms with Crippen molar-refractivity contribution in [1.82, 2.24) is 15.0 Å². The molecule has 5 nitrogen and oxygen atoms in total. The standard InChI is InChI=1S/C14H18N4O/c1-4-19-14-17-12(16-13(15)18-14)11-7-5-10(6-8-11)9(2)3/h5-9H,4H2,1-3H3,(H2,15,16,17,18). The summed E-state index contributed by atoms with van der Waals surface area (Å²) in [5, 5.41) is 0. The molecule has 5 heteroatoms. The van der Waals surface area contributed by atoms with Crippen molar-refractivity contribution >= 4 is 5.95 Å². The predicted molar refractivity (Wildman–Crippen MR) is 74.9 cm³/mol. The quantitative estimate of drug-likeness (QED) is 0.912. The molecule has 2 rings (SSSR count). The maximum absolute atomic E-state index is 5.66. The van der Waals surface area contributed by atoms with Crippen LogP contribution in [-0.4, -0.2) is 21.6 Å². The molecule has 0 aliphatic rings. The van der Waals surface area contributed by atoms with E-state index in [-0.39, 0.29) is 12.0 Å². The number of benzene rings is 1. The minimum absolute atomic E-state index is 0.168. The lowest BCUT2D eigenvalue weighted by atomic mass is 10.0. The molecule has 2 N–H and O–H groups in total. The SMILES string of the molecule is CCOc1nc(N)nc(-c2ccc(C(C)C)cc2)n1. The van der Waals surface area contributed by atoms with Gasteiger partial charge < -0.3 is 10.5 Å². The van der Waals surface area contributed by atoms with E-state index in [4.69, 9.17) is 10.5 Å². The van der Waals surface area contributed by atoms with Crippen LogP contribution in [0.5, 0.6) is 6.01 Å². The highest BCUT2D eigenvalue weighted by molar-refractivity contribution is 5.56. The van der Waals surface area contributed by atoms with E-state index in [0.717, 1.165) is 5.56 Å². The van der Waals surface area contributed by atoms with Crippen molar-refractivity contribution in [3.05, 3.63) is 29.8 Å². The smallest absolute Gasteiger partial charge is 0.321 e. The van der Waals surface area contributed by atoms with E-state index in [2.05, 4.69) is 40.9 Å². The fourth-order valence-electron chi connectivity index (χ4n) is 1.71. The van der Waals surface area contributed by atoms with Gasteiger partial charge in [0.15, 0.2) is 5.82 Å². The van der Waals surface area contributed by atoms with Crippen LogP contribution in [0.3, 0.4) is 0 Å². The zero-order valence-corrected chi connectivity index (χ0v) is 11.4. The Kier molecular flexibility index (Phi) is 3.94. The number of hydrogen-bond acceptors (Lipinski definition) is 5. The molecule has 1 aromatic carbocycles. The molecule has 19 heavy (non-hydrogen) atoms. The molecule has 0 radical (unpaired) electrons. The van der Waals surface area contributed by atoms with E-state index in [9.17, 15) is 0 Å². The lowest BCUT2D eigenvalue weighted by Gasteiger charge is -2.07. The Morgan fingerprint density at radius 3 is 2.37 bits per heavy atom. The molecular weight excluding hydrogens is 240 g/mol. The third-order valence-corrected chi connectivity index (χ3v) is 2.74. The normalized spacial score (nSPS) is 10.7. The van der Waals surface area contributed by atoms with Crippen LogP contribution in [0.15, 0.2) is 24.3 Å². The zero-order valence-electron chi connectivity index (χ0n) is 11.4. The summed E-state index contributed by atoms with van der Waals surface area (Å²) in [5.74, 6) is 1.20. The second-order valence-corrected chi connectivity index (χ2v) is 4.51. The summed E-state index contributed by atoms with van der Waals surface area (Å²) in [5.41, 5.74) is 7.84. The lowest BCUT2D eigenvalue weighted by Crippen LogP contribution is -2.04. The van der Waals surface area contributed by atoms with Gasteiger partial charge in [0.2, 0.25) is 5.95 Å².